The van der Waals surface area contributed by atoms with E-state index in [-0.39, 0.29) is 5.91 Å². The van der Waals surface area contributed by atoms with E-state index in [1.807, 2.05) is 12.1 Å². The quantitative estimate of drug-likeness (QED) is 0.850. The van der Waals surface area contributed by atoms with Crippen LogP contribution in [0, 0.1) is 0 Å². The van der Waals surface area contributed by atoms with Gasteiger partial charge in [0.25, 0.3) is 0 Å². The van der Waals surface area contributed by atoms with Crippen molar-refractivity contribution in [3.05, 3.63) is 40.1 Å². The molecule has 0 radical (unpaired) electrons. The fourth-order valence-electron chi connectivity index (χ4n) is 2.26. The highest BCUT2D eigenvalue weighted by Gasteiger charge is 2.17. The van der Waals surface area contributed by atoms with E-state index >= 15 is 0 Å². The van der Waals surface area contributed by atoms with Gasteiger partial charge in [-0.1, -0.05) is 6.07 Å². The van der Waals surface area contributed by atoms with E-state index in [0.29, 0.717) is 24.5 Å². The van der Waals surface area contributed by atoms with Crippen LogP contribution in [0.5, 0.6) is 5.75 Å². The van der Waals surface area contributed by atoms with Crippen LogP contribution >= 0.6 is 11.3 Å². The first-order valence-electron chi connectivity index (χ1n) is 6.60. The zero-order valence-electron chi connectivity index (χ0n) is 11.0. The lowest BCUT2D eigenvalue weighted by molar-refractivity contribution is -0.116. The summed E-state index contributed by atoms with van der Waals surface area (Å²) in [6.45, 7) is 0.607. The molecule has 104 valence electrons. The highest BCUT2D eigenvalue weighted by atomic mass is 32.1. The molecule has 2 aromatic rings. The third kappa shape index (κ3) is 2.77. The van der Waals surface area contributed by atoms with Gasteiger partial charge in [0.1, 0.15) is 5.75 Å². The van der Waals surface area contributed by atoms with Gasteiger partial charge in [-0.05, 0) is 35.6 Å². The Bertz CT molecular complexity index is 623. The summed E-state index contributed by atoms with van der Waals surface area (Å²) in [5.74, 6) is 0.750. The van der Waals surface area contributed by atoms with Crippen LogP contribution in [0.1, 0.15) is 16.9 Å². The van der Waals surface area contributed by atoms with Crippen molar-refractivity contribution in [2.24, 2.45) is 0 Å². The van der Waals surface area contributed by atoms with Gasteiger partial charge in [0.15, 0.2) is 0 Å². The summed E-state index contributed by atoms with van der Waals surface area (Å²) in [6.07, 6.45) is 2.14. The Morgan fingerprint density at radius 1 is 1.35 bits per heavy atom. The van der Waals surface area contributed by atoms with Crippen molar-refractivity contribution in [1.29, 1.82) is 0 Å². The van der Waals surface area contributed by atoms with Gasteiger partial charge in [0, 0.05) is 23.4 Å². The van der Waals surface area contributed by atoms with E-state index in [4.69, 9.17) is 10.5 Å². The molecular formula is C15H16N2O2S. The molecule has 1 aliphatic heterocycles. The molecule has 0 unspecified atom stereocenters. The van der Waals surface area contributed by atoms with Gasteiger partial charge < -0.3 is 15.8 Å². The van der Waals surface area contributed by atoms with E-state index in [2.05, 4.69) is 16.8 Å². The predicted molar refractivity (Wildman–Crippen MR) is 81.3 cm³/mol. The Kier molecular flexibility index (Phi) is 3.60. The van der Waals surface area contributed by atoms with E-state index < -0.39 is 0 Å². The molecule has 2 heterocycles. The van der Waals surface area contributed by atoms with E-state index in [9.17, 15) is 4.79 Å². The largest absolute Gasteiger partial charge is 0.491 e. The van der Waals surface area contributed by atoms with Gasteiger partial charge in [-0.2, -0.15) is 0 Å². The molecule has 1 amide bonds. The fourth-order valence-corrected chi connectivity index (χ4v) is 2.95. The smallest absolute Gasteiger partial charge is 0.224 e. The van der Waals surface area contributed by atoms with Crippen LogP contribution in [0.3, 0.4) is 0 Å². The maximum atomic E-state index is 11.3. The number of amides is 1. The van der Waals surface area contributed by atoms with Gasteiger partial charge in [0.05, 0.1) is 12.3 Å². The van der Waals surface area contributed by atoms with Crippen molar-refractivity contribution >= 4 is 28.6 Å². The first-order chi connectivity index (χ1) is 9.72. The zero-order valence-corrected chi connectivity index (χ0v) is 11.8. The highest BCUT2D eigenvalue weighted by Crippen LogP contribution is 2.32. The lowest BCUT2D eigenvalue weighted by atomic mass is 10.0. The number of rotatable bonds is 4. The van der Waals surface area contributed by atoms with Gasteiger partial charge in [-0.15, -0.1) is 11.3 Å². The number of anilines is 2. The van der Waals surface area contributed by atoms with E-state index in [1.165, 1.54) is 4.88 Å². The summed E-state index contributed by atoms with van der Waals surface area (Å²) in [5, 5.41) is 4.89. The lowest BCUT2D eigenvalue weighted by Gasteiger charge is -2.19. The van der Waals surface area contributed by atoms with Crippen molar-refractivity contribution < 1.29 is 9.53 Å². The molecule has 3 rings (SSSR count). The molecule has 0 spiro atoms. The van der Waals surface area contributed by atoms with Crippen LogP contribution in [-0.2, 0) is 17.6 Å². The number of nitrogens with two attached hydrogens (primary N) is 1. The Morgan fingerprint density at radius 3 is 3.05 bits per heavy atom. The van der Waals surface area contributed by atoms with Crippen LogP contribution in [0.25, 0.3) is 0 Å². The number of carbonyl (C=O) groups is 1. The van der Waals surface area contributed by atoms with Gasteiger partial charge >= 0.3 is 0 Å². The van der Waals surface area contributed by atoms with Crippen molar-refractivity contribution in [2.45, 2.75) is 19.3 Å². The number of nitrogen functional groups attached to an aromatic ring is 1. The average molecular weight is 288 g/mol. The Hall–Kier alpha value is -2.01. The molecule has 1 aromatic heterocycles. The third-order valence-electron chi connectivity index (χ3n) is 3.32. The first-order valence-corrected chi connectivity index (χ1v) is 7.48. The molecule has 1 aliphatic rings. The normalized spacial score (nSPS) is 13.7. The second-order valence-electron chi connectivity index (χ2n) is 4.77. The number of hydrogen-bond acceptors (Lipinski definition) is 4. The minimum Gasteiger partial charge on any atom is -0.491 e. The highest BCUT2D eigenvalue weighted by molar-refractivity contribution is 7.09. The lowest BCUT2D eigenvalue weighted by Crippen LogP contribution is -2.19. The number of benzene rings is 1. The topological polar surface area (TPSA) is 64.3 Å². The van der Waals surface area contributed by atoms with Crippen LogP contribution in [0.2, 0.25) is 0 Å². The zero-order chi connectivity index (χ0) is 13.9. The predicted octanol–water partition coefficient (Wildman–Crippen LogP) is 2.84. The van der Waals surface area contributed by atoms with Crippen molar-refractivity contribution in [1.82, 2.24) is 0 Å². The monoisotopic (exact) mass is 288 g/mol. The minimum absolute atomic E-state index is 0.0447. The Labute approximate surface area is 121 Å². The van der Waals surface area contributed by atoms with E-state index in [1.54, 1.807) is 17.4 Å². The second-order valence-corrected chi connectivity index (χ2v) is 5.81. The number of hydrogen-bond donors (Lipinski definition) is 2. The Balaban J connectivity index is 1.69. The number of carbonyl (C=O) groups excluding carboxylic acids is 1. The molecule has 0 bridgehead atoms. The van der Waals surface area contributed by atoms with Crippen LogP contribution in [0.4, 0.5) is 11.4 Å². The molecule has 0 saturated carbocycles. The molecule has 5 heteroatoms. The summed E-state index contributed by atoms with van der Waals surface area (Å²) in [7, 11) is 0. The molecule has 0 saturated heterocycles. The fraction of sp³-hybridized carbons (Fsp3) is 0.267. The molecule has 1 aromatic carbocycles. The molecule has 3 N–H and O–H groups in total. The van der Waals surface area contributed by atoms with Gasteiger partial charge in [-0.25, -0.2) is 0 Å². The molecule has 20 heavy (non-hydrogen) atoms. The molecule has 0 aliphatic carbocycles. The molecular weight excluding hydrogens is 272 g/mol. The third-order valence-corrected chi connectivity index (χ3v) is 4.25. The number of nitrogens with one attached hydrogen (secondary N) is 1. The van der Waals surface area contributed by atoms with Gasteiger partial charge in [0.2, 0.25) is 5.91 Å². The van der Waals surface area contributed by atoms with E-state index in [0.717, 1.165) is 24.1 Å². The maximum Gasteiger partial charge on any atom is 0.224 e. The number of ether oxygens (including phenoxy) is 1. The van der Waals surface area contributed by atoms with Crippen molar-refractivity contribution in [3.63, 3.8) is 0 Å². The summed E-state index contributed by atoms with van der Waals surface area (Å²) >= 11 is 1.73. The average Bonchev–Trinajstić information content (AvgIpc) is 2.93. The maximum absolute atomic E-state index is 11.3. The van der Waals surface area contributed by atoms with Crippen molar-refractivity contribution in [2.75, 3.05) is 17.7 Å². The summed E-state index contributed by atoms with van der Waals surface area (Å²) in [6, 6.07) is 7.86. The first kappa shape index (κ1) is 13.0. The summed E-state index contributed by atoms with van der Waals surface area (Å²) < 4.78 is 5.77. The molecule has 0 atom stereocenters. The molecule has 0 fully saturated rings. The van der Waals surface area contributed by atoms with Crippen LogP contribution < -0.4 is 15.8 Å². The summed E-state index contributed by atoms with van der Waals surface area (Å²) in [4.78, 5) is 12.6. The number of aryl methyl sites for hydroxylation is 1. The van der Waals surface area contributed by atoms with Crippen LogP contribution in [-0.4, -0.2) is 12.5 Å². The Morgan fingerprint density at radius 2 is 2.25 bits per heavy atom. The molecule has 4 nitrogen and oxygen atoms in total. The second kappa shape index (κ2) is 5.54. The van der Waals surface area contributed by atoms with Gasteiger partial charge in [-0.3, -0.25) is 4.79 Å². The number of thiophene rings is 1. The number of fused-ring (bicyclic) bond motifs is 1. The summed E-state index contributed by atoms with van der Waals surface area (Å²) in [5.41, 5.74) is 8.44. The standard InChI is InChI=1S/C15H16N2O2S/c16-12-9-13-10(3-4-15(18)17-13)8-14(12)19-6-5-11-2-1-7-20-11/h1-2,7-9H,3-6,16H2,(H,17,18). The van der Waals surface area contributed by atoms with Crippen LogP contribution in [0.15, 0.2) is 29.6 Å². The minimum atomic E-state index is 0.0447. The van der Waals surface area contributed by atoms with Crippen molar-refractivity contribution in [3.8, 4) is 5.75 Å². The SMILES string of the molecule is Nc1cc2c(cc1OCCc1cccs1)CCC(=O)N2.